The lowest BCUT2D eigenvalue weighted by molar-refractivity contribution is -0.274. The Morgan fingerprint density at radius 1 is 1.10 bits per heavy atom. The molecule has 2 aromatic heterocycles. The Labute approximate surface area is 175 Å². The molecule has 0 bridgehead atoms. The molecule has 0 saturated carbocycles. The zero-order chi connectivity index (χ0) is 22.6. The fourth-order valence-electron chi connectivity index (χ4n) is 3.57. The minimum atomic E-state index is -4.78. The average Bonchev–Trinajstić information content (AvgIpc) is 3.20. The van der Waals surface area contributed by atoms with Gasteiger partial charge in [-0.05, 0) is 49.4 Å². The van der Waals surface area contributed by atoms with Crippen molar-refractivity contribution in [2.75, 3.05) is 0 Å². The zero-order valence-electron chi connectivity index (χ0n) is 16.4. The molecule has 2 aromatic carbocycles. The smallest absolute Gasteiger partial charge is 0.406 e. The van der Waals surface area contributed by atoms with Gasteiger partial charge < -0.3 is 13.9 Å². The van der Waals surface area contributed by atoms with Crippen LogP contribution in [0.2, 0.25) is 0 Å². The van der Waals surface area contributed by atoms with Crippen LogP contribution < -0.4 is 9.88 Å². The van der Waals surface area contributed by atoms with Gasteiger partial charge in [0.2, 0.25) is 10.0 Å². The summed E-state index contributed by atoms with van der Waals surface area (Å²) in [7, 11) is -2.13. The summed E-state index contributed by atoms with van der Waals surface area (Å²) in [6, 6.07) is 9.87. The molecule has 0 fully saturated rings. The van der Waals surface area contributed by atoms with Gasteiger partial charge in [-0.3, -0.25) is 0 Å². The van der Waals surface area contributed by atoms with Crippen LogP contribution in [0.5, 0.6) is 5.75 Å². The number of hydrogen-bond acceptors (Lipinski definition) is 4. The molecule has 0 amide bonds. The second kappa shape index (κ2) is 7.13. The van der Waals surface area contributed by atoms with Crippen molar-refractivity contribution in [3.63, 3.8) is 0 Å². The van der Waals surface area contributed by atoms with Crippen molar-refractivity contribution in [2.45, 2.75) is 18.2 Å². The van der Waals surface area contributed by atoms with Gasteiger partial charge >= 0.3 is 6.36 Å². The maximum atomic E-state index is 12.5. The van der Waals surface area contributed by atoms with E-state index in [1.165, 1.54) is 36.4 Å². The third-order valence-corrected chi connectivity index (χ3v) is 5.70. The number of nitrogens with two attached hydrogens (primary N) is 1. The number of primary sulfonamides is 1. The molecule has 7 nitrogen and oxygen atoms in total. The van der Waals surface area contributed by atoms with Crippen molar-refractivity contribution < 1.29 is 26.3 Å². The van der Waals surface area contributed by atoms with Gasteiger partial charge in [-0.1, -0.05) is 0 Å². The van der Waals surface area contributed by atoms with E-state index >= 15 is 0 Å². The van der Waals surface area contributed by atoms with Crippen molar-refractivity contribution in [1.29, 1.82) is 0 Å². The van der Waals surface area contributed by atoms with Gasteiger partial charge in [0.1, 0.15) is 5.75 Å². The summed E-state index contributed by atoms with van der Waals surface area (Å²) >= 11 is 0. The normalized spacial score (nSPS) is 12.5. The van der Waals surface area contributed by atoms with Crippen LogP contribution in [0.1, 0.15) is 5.69 Å². The van der Waals surface area contributed by atoms with E-state index in [0.29, 0.717) is 27.8 Å². The molecule has 0 unspecified atom stereocenters. The topological polar surface area (TPSA) is 92.1 Å². The second-order valence-electron chi connectivity index (χ2n) is 6.99. The van der Waals surface area contributed by atoms with Crippen LogP contribution in [-0.4, -0.2) is 28.9 Å². The third-order valence-electron chi connectivity index (χ3n) is 4.79. The number of sulfonamides is 1. The van der Waals surface area contributed by atoms with Crippen molar-refractivity contribution in [1.82, 2.24) is 14.1 Å². The van der Waals surface area contributed by atoms with Crippen LogP contribution in [0.25, 0.3) is 27.8 Å². The Balaban J connectivity index is 1.95. The number of aryl methyl sites for hydroxylation is 1. The lowest BCUT2D eigenvalue weighted by Gasteiger charge is -2.12. The summed E-state index contributed by atoms with van der Waals surface area (Å²) in [5, 5.41) is 5.90. The zero-order valence-corrected chi connectivity index (χ0v) is 17.2. The van der Waals surface area contributed by atoms with E-state index in [1.807, 2.05) is 11.5 Å². The van der Waals surface area contributed by atoms with Crippen molar-refractivity contribution in [3.05, 3.63) is 60.7 Å². The van der Waals surface area contributed by atoms with E-state index in [1.54, 1.807) is 30.2 Å². The predicted molar refractivity (Wildman–Crippen MR) is 108 cm³/mol. The SMILES string of the molecule is Cc1c(-c2cn(C)cn2)c2cc(S(N)(=O)=O)ccc2n1-c1ccc(OC(F)(F)F)cc1. The van der Waals surface area contributed by atoms with Crippen LogP contribution in [0.3, 0.4) is 0 Å². The fraction of sp³-hybridized carbons (Fsp3) is 0.150. The average molecular weight is 450 g/mol. The van der Waals surface area contributed by atoms with Crippen molar-refractivity contribution in [2.24, 2.45) is 12.2 Å². The standard InChI is InChI=1S/C20H17F3N4O3S/c1-12-19(17-10-26(2)11-25-17)16-9-15(31(24,28)29)7-8-18(16)27(12)13-3-5-14(6-4-13)30-20(21,22)23/h3-11H,1-2H3,(H2,24,28,29). The van der Waals surface area contributed by atoms with Crippen molar-refractivity contribution in [3.8, 4) is 22.7 Å². The molecule has 0 aliphatic heterocycles. The summed E-state index contributed by atoms with van der Waals surface area (Å²) in [4.78, 5) is 4.32. The minimum Gasteiger partial charge on any atom is -0.406 e. The van der Waals surface area contributed by atoms with Gasteiger partial charge in [-0.2, -0.15) is 0 Å². The highest BCUT2D eigenvalue weighted by atomic mass is 32.2. The number of aromatic nitrogens is 3. The molecule has 4 rings (SSSR count). The van der Waals surface area contributed by atoms with Crippen LogP contribution in [0.4, 0.5) is 13.2 Å². The fourth-order valence-corrected chi connectivity index (χ4v) is 4.11. The number of benzene rings is 2. The van der Waals surface area contributed by atoms with E-state index in [4.69, 9.17) is 5.14 Å². The Morgan fingerprint density at radius 3 is 2.32 bits per heavy atom. The number of alkyl halides is 3. The third kappa shape index (κ3) is 4.01. The highest BCUT2D eigenvalue weighted by molar-refractivity contribution is 7.89. The van der Waals surface area contributed by atoms with E-state index in [9.17, 15) is 21.6 Å². The highest BCUT2D eigenvalue weighted by Gasteiger charge is 2.31. The number of halogens is 3. The molecule has 0 atom stereocenters. The maximum absolute atomic E-state index is 12.5. The number of fused-ring (bicyclic) bond motifs is 1. The molecule has 0 spiro atoms. The van der Waals surface area contributed by atoms with E-state index < -0.39 is 16.4 Å². The lowest BCUT2D eigenvalue weighted by atomic mass is 10.1. The van der Waals surface area contributed by atoms with Crippen molar-refractivity contribution >= 4 is 20.9 Å². The first-order valence-electron chi connectivity index (χ1n) is 8.96. The van der Waals surface area contributed by atoms with Gasteiger partial charge in [0.05, 0.1) is 22.4 Å². The molecule has 0 aliphatic rings. The van der Waals surface area contributed by atoms with Gasteiger partial charge in [0.25, 0.3) is 0 Å². The van der Waals surface area contributed by atoms with E-state index in [-0.39, 0.29) is 10.6 Å². The summed E-state index contributed by atoms with van der Waals surface area (Å²) in [6.45, 7) is 1.82. The maximum Gasteiger partial charge on any atom is 0.573 e. The van der Waals surface area contributed by atoms with Crippen LogP contribution >= 0.6 is 0 Å². The molecule has 0 aliphatic carbocycles. The van der Waals surface area contributed by atoms with Gasteiger partial charge in [0.15, 0.2) is 0 Å². The first-order chi connectivity index (χ1) is 14.4. The molecule has 162 valence electrons. The largest absolute Gasteiger partial charge is 0.573 e. The molecular weight excluding hydrogens is 433 g/mol. The van der Waals surface area contributed by atoms with Crippen LogP contribution in [-0.2, 0) is 17.1 Å². The first kappa shape index (κ1) is 20.9. The molecule has 0 saturated heterocycles. The molecule has 2 N–H and O–H groups in total. The minimum absolute atomic E-state index is 0.0525. The highest BCUT2D eigenvalue weighted by Crippen LogP contribution is 2.37. The Hall–Kier alpha value is -3.31. The molecule has 2 heterocycles. The summed E-state index contributed by atoms with van der Waals surface area (Å²) in [5.74, 6) is -0.341. The number of imidazole rings is 1. The predicted octanol–water partition coefficient (Wildman–Crippen LogP) is 3.89. The number of hydrogen-bond donors (Lipinski definition) is 1. The Morgan fingerprint density at radius 2 is 1.77 bits per heavy atom. The summed E-state index contributed by atoms with van der Waals surface area (Å²) in [6.07, 6.45) is -1.38. The van der Waals surface area contributed by atoms with Crippen LogP contribution in [0, 0.1) is 6.92 Å². The molecule has 31 heavy (non-hydrogen) atoms. The second-order valence-corrected chi connectivity index (χ2v) is 8.55. The Kier molecular flexibility index (Phi) is 4.82. The van der Waals surface area contributed by atoms with E-state index in [0.717, 1.165) is 5.69 Å². The molecule has 11 heteroatoms. The number of rotatable bonds is 4. The van der Waals surface area contributed by atoms with Gasteiger partial charge in [-0.15, -0.1) is 13.2 Å². The number of ether oxygens (including phenoxy) is 1. The van der Waals surface area contributed by atoms with Gasteiger partial charge in [-0.25, -0.2) is 18.5 Å². The van der Waals surface area contributed by atoms with Gasteiger partial charge in [0, 0.05) is 35.6 Å². The lowest BCUT2D eigenvalue weighted by Crippen LogP contribution is -2.17. The summed E-state index contributed by atoms with van der Waals surface area (Å²) in [5.41, 5.74) is 3.26. The monoisotopic (exact) mass is 450 g/mol. The Bertz CT molecular complexity index is 1390. The number of nitrogens with zero attached hydrogens (tertiary/aromatic N) is 3. The first-order valence-corrected chi connectivity index (χ1v) is 10.5. The molecule has 4 aromatic rings. The molecular formula is C20H17F3N4O3S. The summed E-state index contributed by atoms with van der Waals surface area (Å²) < 4.78 is 68.7. The van der Waals surface area contributed by atoms with E-state index in [2.05, 4.69) is 9.72 Å². The molecule has 0 radical (unpaired) electrons. The quantitative estimate of drug-likeness (QED) is 0.511. The van der Waals surface area contributed by atoms with Crippen LogP contribution in [0.15, 0.2) is 59.9 Å².